The number of carbonyl (C=O) groups is 1. The second-order valence-electron chi connectivity index (χ2n) is 11.2. The molecule has 6 N–H and O–H groups in total. The fourth-order valence-corrected chi connectivity index (χ4v) is 6.96. The molecule has 13 heteroatoms. The third-order valence-corrected chi connectivity index (χ3v) is 9.16. The Kier molecular flexibility index (Phi) is 19.1. The first-order valence-electron chi connectivity index (χ1n) is 15.6. The van der Waals surface area contributed by atoms with Crippen LogP contribution in [-0.2, 0) is 31.0 Å². The molecule has 9 nitrogen and oxygen atoms in total. The van der Waals surface area contributed by atoms with Crippen LogP contribution in [-0.4, -0.2) is 80.8 Å². The van der Waals surface area contributed by atoms with Crippen molar-refractivity contribution in [2.45, 2.75) is 106 Å². The summed E-state index contributed by atoms with van der Waals surface area (Å²) >= 11 is 1.80. The van der Waals surface area contributed by atoms with Gasteiger partial charge in [0.2, 0.25) is 0 Å². The van der Waals surface area contributed by atoms with Crippen molar-refractivity contribution >= 4 is 38.0 Å². The topological polar surface area (TPSA) is 111 Å². The number of hydrogen-bond acceptors (Lipinski definition) is 8. The molecule has 4 atom stereocenters. The van der Waals surface area contributed by atoms with Gasteiger partial charge in [-0.05, 0) is 50.7 Å². The van der Waals surface area contributed by atoms with Crippen LogP contribution in [0.4, 0.5) is 4.79 Å². The molecule has 2 aliphatic carbocycles. The molecule has 2 amide bonds. The van der Waals surface area contributed by atoms with E-state index in [1.54, 1.807) is 18.9 Å². The number of carbonyl (C=O) groups excluding carboxylic acids is 1. The van der Waals surface area contributed by atoms with Crippen LogP contribution in [0.5, 0.6) is 0 Å². The Morgan fingerprint density at radius 3 is 1.90 bits per heavy atom. The van der Waals surface area contributed by atoms with E-state index in [1.165, 1.54) is 56.3 Å². The van der Waals surface area contributed by atoms with Gasteiger partial charge in [0.05, 0.1) is 11.4 Å². The minimum absolute atomic E-state index is 0.00694. The zero-order valence-electron chi connectivity index (χ0n) is 25.0. The number of hydrogen-bond donors (Lipinski definition) is 6. The first kappa shape index (κ1) is 36.1. The summed E-state index contributed by atoms with van der Waals surface area (Å²) in [7, 11) is 11.3. The predicted molar refractivity (Wildman–Crippen MR) is 171 cm³/mol. The number of methoxy groups -OCH3 is 1. The van der Waals surface area contributed by atoms with Crippen molar-refractivity contribution in [3.8, 4) is 0 Å². The molecular weight excluding hydrogens is 636 g/mol. The van der Waals surface area contributed by atoms with Crippen molar-refractivity contribution in [3.05, 3.63) is 23.5 Å². The molecule has 0 unspecified atom stereocenters. The molecule has 4 rings (SSSR count). The van der Waals surface area contributed by atoms with Gasteiger partial charge in [0.25, 0.3) is 0 Å². The molecule has 1 aromatic rings. The number of amides is 2. The number of unbranched alkanes of at least 4 members (excludes halogenated alkanes) is 1. The molecule has 3 aliphatic rings. The molecule has 1 aliphatic heterocycles. The Morgan fingerprint density at radius 2 is 1.38 bits per heavy atom. The molecule has 0 radical (unpaired) electrons. The number of halogens is 2. The van der Waals surface area contributed by atoms with Gasteiger partial charge in [-0.15, -0.1) is 11.8 Å². The number of thioether (sulfide) groups is 1. The molecule has 2 bridgehead atoms. The predicted octanol–water partition coefficient (Wildman–Crippen LogP) is 4.27. The number of pyridine rings is 1. The quantitative estimate of drug-likeness (QED) is 0.130. The molecule has 0 saturated heterocycles. The standard InChI is InChI=1S/C29H51N7O2S.2ClH.Mn/c1-38-16-7-6-12-32-29(37)33-15-17-39-24-18-22-20-34-27-10-4-2-8-25(27)30-13-14-31-26-9-3-5-11-28(26)35-21-23(19-24)36-22;;;/h18-19,25-28,30-31,34-35H,2-17,20-21H2,1H3,(H2,32,33,37);2*1H;/q;;;+2/p-2/t25-,26-,27-,28-;;;/m1.../s1. The third kappa shape index (κ3) is 14.2. The van der Waals surface area contributed by atoms with E-state index in [0.29, 0.717) is 37.3 Å². The molecule has 1 aromatic heterocycles. The number of fused-ring (bicyclic) bond motifs is 4. The van der Waals surface area contributed by atoms with E-state index in [9.17, 15) is 4.79 Å². The number of nitrogens with zero attached hydrogens (tertiary/aromatic N) is 1. The van der Waals surface area contributed by atoms with Crippen LogP contribution in [0, 0.1) is 0 Å². The normalized spacial score (nSPS) is 24.9. The van der Waals surface area contributed by atoms with Gasteiger partial charge in [0.1, 0.15) is 0 Å². The van der Waals surface area contributed by atoms with Gasteiger partial charge in [0.15, 0.2) is 0 Å². The van der Waals surface area contributed by atoms with Crippen LogP contribution in [0.15, 0.2) is 17.0 Å². The zero-order valence-corrected chi connectivity index (χ0v) is 28.5. The first-order valence-corrected chi connectivity index (χ1v) is 19.8. The van der Waals surface area contributed by atoms with E-state index in [4.69, 9.17) is 29.9 Å². The molecule has 241 valence electrons. The second-order valence-corrected chi connectivity index (χ2v) is 14.4. The van der Waals surface area contributed by atoms with Crippen LogP contribution >= 0.6 is 32.0 Å². The van der Waals surface area contributed by atoms with Gasteiger partial charge in [-0.1, -0.05) is 25.7 Å². The summed E-state index contributed by atoms with van der Waals surface area (Å²) in [5, 5.41) is 21.3. The van der Waals surface area contributed by atoms with Crippen LogP contribution < -0.4 is 31.9 Å². The maximum absolute atomic E-state index is 12.1. The van der Waals surface area contributed by atoms with E-state index < -0.39 is 0 Å². The molecule has 0 aromatic carbocycles. The molecular formula is C29H51Cl2MnN7O2S. The summed E-state index contributed by atoms with van der Waals surface area (Å²) in [5.74, 6) is 0.823. The number of ether oxygens (including phenoxy) is 1. The third-order valence-electron chi connectivity index (χ3n) is 8.18. The average Bonchev–Trinajstić information content (AvgIpc) is 3.00. The van der Waals surface area contributed by atoms with Crippen molar-refractivity contribution in [1.82, 2.24) is 36.9 Å². The van der Waals surface area contributed by atoms with Crippen molar-refractivity contribution in [2.24, 2.45) is 0 Å². The molecule has 0 spiro atoms. The van der Waals surface area contributed by atoms with Crippen molar-refractivity contribution in [3.63, 3.8) is 0 Å². The summed E-state index contributed by atoms with van der Waals surface area (Å²) in [6.07, 6.45) is 12.0. The van der Waals surface area contributed by atoms with E-state index in [2.05, 4.69) is 44.0 Å². The molecule has 2 saturated carbocycles. The van der Waals surface area contributed by atoms with Crippen molar-refractivity contribution in [1.29, 1.82) is 0 Å². The number of rotatable bonds is 9. The van der Waals surface area contributed by atoms with Crippen LogP contribution in [0.1, 0.15) is 75.6 Å². The molecule has 2 heterocycles. The van der Waals surface area contributed by atoms with Crippen LogP contribution in [0.2, 0.25) is 0 Å². The fourth-order valence-electron chi connectivity index (χ4n) is 6.08. The summed E-state index contributed by atoms with van der Waals surface area (Å²) in [4.78, 5) is 18.4. The Labute approximate surface area is 271 Å². The fraction of sp³-hybridized carbons (Fsp3) is 0.793. The maximum atomic E-state index is 12.1. The van der Waals surface area contributed by atoms with E-state index in [-0.39, 0.29) is 19.2 Å². The number of urea groups is 1. The number of nitrogens with one attached hydrogen (secondary N) is 6. The zero-order chi connectivity index (χ0) is 29.8. The van der Waals surface area contributed by atoms with Gasteiger partial charge >= 0.3 is 39.4 Å². The molecule has 2 fully saturated rings. The monoisotopic (exact) mass is 686 g/mol. The summed E-state index contributed by atoms with van der Waals surface area (Å²) in [6, 6.07) is 6.39. The second kappa shape index (κ2) is 22.2. The van der Waals surface area contributed by atoms with Gasteiger partial charge in [-0.2, -0.15) is 0 Å². The van der Waals surface area contributed by atoms with Crippen LogP contribution in [0.3, 0.4) is 0 Å². The Hall–Kier alpha value is -0.331. The van der Waals surface area contributed by atoms with Gasteiger partial charge < -0.3 is 36.6 Å². The van der Waals surface area contributed by atoms with E-state index in [1.807, 2.05) is 0 Å². The van der Waals surface area contributed by atoms with Crippen molar-refractivity contribution < 1.29 is 22.7 Å². The Balaban J connectivity index is 0.00000155. The van der Waals surface area contributed by atoms with Gasteiger partial charge in [-0.25, -0.2) is 4.79 Å². The summed E-state index contributed by atoms with van der Waals surface area (Å²) in [5.41, 5.74) is 2.21. The van der Waals surface area contributed by atoms with Crippen molar-refractivity contribution in [2.75, 3.05) is 45.6 Å². The Bertz CT molecular complexity index is 846. The number of aromatic nitrogens is 1. The molecule has 42 heavy (non-hydrogen) atoms. The van der Waals surface area contributed by atoms with Gasteiger partial charge in [0, 0.05) is 87.8 Å². The van der Waals surface area contributed by atoms with E-state index in [0.717, 1.165) is 62.8 Å². The summed E-state index contributed by atoms with van der Waals surface area (Å²) in [6.45, 7) is 5.67. The van der Waals surface area contributed by atoms with Gasteiger partial charge in [-0.3, -0.25) is 4.98 Å². The first-order chi connectivity index (χ1) is 20.6. The van der Waals surface area contributed by atoms with E-state index >= 15 is 0 Å². The summed E-state index contributed by atoms with van der Waals surface area (Å²) < 4.78 is 5.05. The average molecular weight is 688 g/mol. The SMILES string of the molecule is COCCCCNC(=O)NCCSc1cc2nc(c1)CN[C@@H]1CCCC[C@H]1NCCN[C@@H]1CCCC[C@H]1NC2.[Cl][Mn][Cl]. The Morgan fingerprint density at radius 1 is 0.881 bits per heavy atom. The van der Waals surface area contributed by atoms with Crippen LogP contribution in [0.25, 0.3) is 0 Å². The minimum atomic E-state index is -0.0961.